The number of nitrogens with zero attached hydrogens (tertiary/aromatic N) is 1. The van der Waals surface area contributed by atoms with E-state index in [1.54, 1.807) is 18.2 Å². The number of guanidine groups is 1. The zero-order valence-corrected chi connectivity index (χ0v) is 16.2. The third-order valence-corrected chi connectivity index (χ3v) is 2.80. The first-order valence-electron chi connectivity index (χ1n) is 7.57. The highest BCUT2D eigenvalue weighted by Crippen LogP contribution is 2.07. The SMILES string of the molecule is CCNC(=NCc1ccccc1F)NCCC(=O)NC(C)C.I. The Bertz CT molecular complexity index is 509. The van der Waals surface area contributed by atoms with E-state index in [1.807, 2.05) is 20.8 Å². The van der Waals surface area contributed by atoms with E-state index < -0.39 is 0 Å². The van der Waals surface area contributed by atoms with Crippen LogP contribution in [0.2, 0.25) is 0 Å². The van der Waals surface area contributed by atoms with Crippen molar-refractivity contribution in [1.82, 2.24) is 16.0 Å². The lowest BCUT2D eigenvalue weighted by molar-refractivity contribution is -0.121. The number of benzene rings is 1. The maximum absolute atomic E-state index is 13.5. The Morgan fingerprint density at radius 3 is 2.57 bits per heavy atom. The molecule has 0 fully saturated rings. The summed E-state index contributed by atoms with van der Waals surface area (Å²) in [6.45, 7) is 7.21. The highest BCUT2D eigenvalue weighted by Gasteiger charge is 2.04. The van der Waals surface area contributed by atoms with Gasteiger partial charge >= 0.3 is 0 Å². The average Bonchev–Trinajstić information content (AvgIpc) is 2.45. The van der Waals surface area contributed by atoms with Gasteiger partial charge in [-0.2, -0.15) is 0 Å². The van der Waals surface area contributed by atoms with Crippen molar-refractivity contribution in [1.29, 1.82) is 0 Å². The predicted molar refractivity (Wildman–Crippen MR) is 103 cm³/mol. The first-order chi connectivity index (χ1) is 10.5. The molecular formula is C16H26FIN4O. The Morgan fingerprint density at radius 2 is 1.96 bits per heavy atom. The van der Waals surface area contributed by atoms with Gasteiger partial charge in [-0.3, -0.25) is 4.79 Å². The van der Waals surface area contributed by atoms with Crippen LogP contribution in [0.25, 0.3) is 0 Å². The Labute approximate surface area is 154 Å². The highest BCUT2D eigenvalue weighted by atomic mass is 127. The lowest BCUT2D eigenvalue weighted by Gasteiger charge is -2.12. The molecule has 0 atom stereocenters. The smallest absolute Gasteiger partial charge is 0.221 e. The number of hydrogen-bond donors (Lipinski definition) is 3. The zero-order valence-electron chi connectivity index (χ0n) is 13.9. The molecule has 0 unspecified atom stereocenters. The molecule has 1 aromatic carbocycles. The van der Waals surface area contributed by atoms with Gasteiger partial charge in [0.05, 0.1) is 6.54 Å². The molecule has 3 N–H and O–H groups in total. The van der Waals surface area contributed by atoms with E-state index >= 15 is 0 Å². The minimum Gasteiger partial charge on any atom is -0.357 e. The number of amides is 1. The average molecular weight is 436 g/mol. The van der Waals surface area contributed by atoms with E-state index in [1.165, 1.54) is 6.07 Å². The van der Waals surface area contributed by atoms with Gasteiger partial charge in [0.15, 0.2) is 5.96 Å². The van der Waals surface area contributed by atoms with Gasteiger partial charge in [-0.15, -0.1) is 24.0 Å². The van der Waals surface area contributed by atoms with Gasteiger partial charge in [-0.1, -0.05) is 18.2 Å². The molecule has 1 rings (SSSR count). The van der Waals surface area contributed by atoms with Gasteiger partial charge in [0.2, 0.25) is 5.91 Å². The molecular weight excluding hydrogens is 410 g/mol. The van der Waals surface area contributed by atoms with E-state index in [4.69, 9.17) is 0 Å². The third-order valence-electron chi connectivity index (χ3n) is 2.80. The van der Waals surface area contributed by atoms with E-state index in [9.17, 15) is 9.18 Å². The Balaban J connectivity index is 0.00000484. The lowest BCUT2D eigenvalue weighted by atomic mass is 10.2. The molecule has 1 amide bonds. The van der Waals surface area contributed by atoms with Crippen molar-refractivity contribution in [2.24, 2.45) is 4.99 Å². The van der Waals surface area contributed by atoms with Crippen LogP contribution in [0.3, 0.4) is 0 Å². The van der Waals surface area contributed by atoms with Crippen LogP contribution < -0.4 is 16.0 Å². The second-order valence-corrected chi connectivity index (χ2v) is 5.19. The molecule has 7 heteroatoms. The molecule has 0 spiro atoms. The normalized spacial score (nSPS) is 10.9. The summed E-state index contributed by atoms with van der Waals surface area (Å²) in [6, 6.07) is 6.69. The molecule has 1 aromatic rings. The van der Waals surface area contributed by atoms with Crippen molar-refractivity contribution in [3.8, 4) is 0 Å². The van der Waals surface area contributed by atoms with Gasteiger partial charge in [-0.25, -0.2) is 9.38 Å². The maximum atomic E-state index is 13.5. The number of carbonyl (C=O) groups is 1. The monoisotopic (exact) mass is 436 g/mol. The van der Waals surface area contributed by atoms with E-state index in [-0.39, 0.29) is 48.3 Å². The van der Waals surface area contributed by atoms with Gasteiger partial charge in [0, 0.05) is 31.1 Å². The molecule has 0 aliphatic heterocycles. The van der Waals surface area contributed by atoms with E-state index in [0.29, 0.717) is 31.0 Å². The molecule has 130 valence electrons. The van der Waals surface area contributed by atoms with Crippen molar-refractivity contribution in [3.05, 3.63) is 35.6 Å². The number of aliphatic imine (C=N–C) groups is 1. The van der Waals surface area contributed by atoms with Crippen molar-refractivity contribution in [2.45, 2.75) is 39.8 Å². The van der Waals surface area contributed by atoms with Crippen molar-refractivity contribution < 1.29 is 9.18 Å². The quantitative estimate of drug-likeness (QED) is 0.350. The molecule has 0 heterocycles. The second-order valence-electron chi connectivity index (χ2n) is 5.19. The number of rotatable bonds is 7. The van der Waals surface area contributed by atoms with Crippen LogP contribution in [0, 0.1) is 5.82 Å². The summed E-state index contributed by atoms with van der Waals surface area (Å²) in [7, 11) is 0. The fraction of sp³-hybridized carbons (Fsp3) is 0.500. The zero-order chi connectivity index (χ0) is 16.4. The van der Waals surface area contributed by atoms with Crippen LogP contribution in [-0.2, 0) is 11.3 Å². The number of nitrogens with one attached hydrogen (secondary N) is 3. The third kappa shape index (κ3) is 9.37. The first kappa shape index (κ1) is 21.6. The number of halogens is 2. The molecule has 0 radical (unpaired) electrons. The molecule has 0 bridgehead atoms. The Hall–Kier alpha value is -1.38. The number of carbonyl (C=O) groups excluding carboxylic acids is 1. The first-order valence-corrected chi connectivity index (χ1v) is 7.57. The Kier molecular flexibility index (Phi) is 11.4. The van der Waals surface area contributed by atoms with Gasteiger partial charge in [-0.05, 0) is 26.8 Å². The van der Waals surface area contributed by atoms with Crippen LogP contribution >= 0.6 is 24.0 Å². The summed E-state index contributed by atoms with van der Waals surface area (Å²) in [5, 5.41) is 8.97. The van der Waals surface area contributed by atoms with Crippen molar-refractivity contribution in [3.63, 3.8) is 0 Å². The molecule has 0 saturated heterocycles. The summed E-state index contributed by atoms with van der Waals surface area (Å²) in [6.07, 6.45) is 0.363. The fourth-order valence-electron chi connectivity index (χ4n) is 1.82. The maximum Gasteiger partial charge on any atom is 0.221 e. The van der Waals surface area contributed by atoms with Crippen LogP contribution in [0.4, 0.5) is 4.39 Å². The van der Waals surface area contributed by atoms with Crippen LogP contribution in [-0.4, -0.2) is 31.0 Å². The lowest BCUT2D eigenvalue weighted by Crippen LogP contribution is -2.40. The van der Waals surface area contributed by atoms with Gasteiger partial charge < -0.3 is 16.0 Å². The summed E-state index contributed by atoms with van der Waals surface area (Å²) < 4.78 is 13.5. The van der Waals surface area contributed by atoms with E-state index in [2.05, 4.69) is 20.9 Å². The van der Waals surface area contributed by atoms with Gasteiger partial charge in [0.25, 0.3) is 0 Å². The highest BCUT2D eigenvalue weighted by molar-refractivity contribution is 14.0. The van der Waals surface area contributed by atoms with Crippen molar-refractivity contribution in [2.75, 3.05) is 13.1 Å². The molecule has 0 aromatic heterocycles. The molecule has 23 heavy (non-hydrogen) atoms. The standard InChI is InChI=1S/C16H25FN4O.HI/c1-4-18-16(19-10-9-15(22)21-12(2)3)20-11-13-7-5-6-8-14(13)17;/h5-8,12H,4,9-11H2,1-3H3,(H,21,22)(H2,18,19,20);1H. The van der Waals surface area contributed by atoms with E-state index in [0.717, 1.165) is 0 Å². The van der Waals surface area contributed by atoms with Gasteiger partial charge in [0.1, 0.15) is 5.82 Å². The largest absolute Gasteiger partial charge is 0.357 e. The fourth-order valence-corrected chi connectivity index (χ4v) is 1.82. The number of hydrogen-bond acceptors (Lipinski definition) is 2. The summed E-state index contributed by atoms with van der Waals surface area (Å²) >= 11 is 0. The minimum atomic E-state index is -0.265. The summed E-state index contributed by atoms with van der Waals surface area (Å²) in [4.78, 5) is 15.9. The molecule has 0 aliphatic carbocycles. The van der Waals surface area contributed by atoms with Crippen LogP contribution in [0.15, 0.2) is 29.3 Å². The van der Waals surface area contributed by atoms with Crippen LogP contribution in [0.1, 0.15) is 32.8 Å². The summed E-state index contributed by atoms with van der Waals surface area (Å²) in [5.74, 6) is 0.300. The summed E-state index contributed by atoms with van der Waals surface area (Å²) in [5.41, 5.74) is 0.539. The van der Waals surface area contributed by atoms with Crippen LogP contribution in [0.5, 0.6) is 0 Å². The predicted octanol–water partition coefficient (Wildman–Crippen LogP) is 2.41. The second kappa shape index (κ2) is 12.1. The topological polar surface area (TPSA) is 65.5 Å². The molecule has 5 nitrogen and oxygen atoms in total. The van der Waals surface area contributed by atoms with Crippen molar-refractivity contribution >= 4 is 35.8 Å². The molecule has 0 saturated carbocycles. The minimum absolute atomic E-state index is 0. The molecule has 0 aliphatic rings. The Morgan fingerprint density at radius 1 is 1.26 bits per heavy atom.